The lowest BCUT2D eigenvalue weighted by atomic mass is 10.1. The molecule has 0 bridgehead atoms. The van der Waals surface area contributed by atoms with Crippen molar-refractivity contribution in [3.63, 3.8) is 0 Å². The second-order valence-corrected chi connectivity index (χ2v) is 6.16. The van der Waals surface area contributed by atoms with Crippen LogP contribution >= 0.6 is 11.3 Å². The maximum atomic E-state index is 11.1. The number of aliphatic hydroxyl groups excluding tert-OH is 1. The molecule has 0 aliphatic carbocycles. The van der Waals surface area contributed by atoms with Gasteiger partial charge in [0.05, 0.1) is 22.4 Å². The summed E-state index contributed by atoms with van der Waals surface area (Å²) in [5.41, 5.74) is 3.29. The van der Waals surface area contributed by atoms with Crippen LogP contribution in [-0.4, -0.2) is 39.3 Å². The van der Waals surface area contributed by atoms with Gasteiger partial charge in [0.15, 0.2) is 0 Å². The molecule has 0 fully saturated rings. The quantitative estimate of drug-likeness (QED) is 0.624. The minimum absolute atomic E-state index is 0.0166. The summed E-state index contributed by atoms with van der Waals surface area (Å²) < 4.78 is 0.872. The van der Waals surface area contributed by atoms with Gasteiger partial charge in [0.25, 0.3) is 0 Å². The van der Waals surface area contributed by atoms with Crippen molar-refractivity contribution in [3.8, 4) is 11.8 Å². The van der Waals surface area contributed by atoms with Gasteiger partial charge < -0.3 is 15.5 Å². The van der Waals surface area contributed by atoms with Gasteiger partial charge in [-0.15, -0.1) is 11.3 Å². The zero-order valence-corrected chi connectivity index (χ0v) is 14.2. The monoisotopic (exact) mass is 353 g/mol. The van der Waals surface area contributed by atoms with E-state index in [0.29, 0.717) is 17.9 Å². The predicted molar refractivity (Wildman–Crippen MR) is 97.1 cm³/mol. The Morgan fingerprint density at radius 1 is 1.28 bits per heavy atom. The first kappa shape index (κ1) is 16.9. The molecular weight excluding hydrogens is 338 g/mol. The van der Waals surface area contributed by atoms with Gasteiger partial charge in [0.1, 0.15) is 17.7 Å². The molecule has 0 aliphatic heterocycles. The molecule has 6 nitrogen and oxygen atoms in total. The number of hydrogen-bond acceptors (Lipinski definition) is 6. The number of carboxylic acids is 1. The molecule has 0 saturated heterocycles. The Morgan fingerprint density at radius 2 is 2.08 bits per heavy atom. The van der Waals surface area contributed by atoms with Crippen molar-refractivity contribution in [1.29, 1.82) is 0 Å². The van der Waals surface area contributed by atoms with E-state index < -0.39 is 5.97 Å². The number of nitrogens with one attached hydrogen (secondary N) is 1. The van der Waals surface area contributed by atoms with Gasteiger partial charge in [-0.1, -0.05) is 17.9 Å². The van der Waals surface area contributed by atoms with Crippen molar-refractivity contribution >= 4 is 33.3 Å². The lowest BCUT2D eigenvalue weighted by Crippen LogP contribution is -2.07. The minimum Gasteiger partial charge on any atom is -0.478 e. The molecule has 3 N–H and O–H groups in total. The highest BCUT2D eigenvalue weighted by Crippen LogP contribution is 2.28. The fourth-order valence-corrected chi connectivity index (χ4v) is 3.18. The standard InChI is InChI=1S/C18H15N3O3S/c1-11-2-3-13(18(23)24)8-12(11)4-5-14-9-25-16-15(14)20-10-21-17(16)19-6-7-22/h2-3,8-10,22H,6-7H2,1H3,(H,23,24)(H,19,20,21). The van der Waals surface area contributed by atoms with Crippen LogP contribution in [0.4, 0.5) is 5.82 Å². The lowest BCUT2D eigenvalue weighted by molar-refractivity contribution is 0.0697. The van der Waals surface area contributed by atoms with Crippen LogP contribution in [0.25, 0.3) is 10.2 Å². The smallest absolute Gasteiger partial charge is 0.335 e. The number of aromatic carboxylic acids is 1. The maximum Gasteiger partial charge on any atom is 0.335 e. The van der Waals surface area contributed by atoms with Crippen LogP contribution in [0.2, 0.25) is 0 Å². The number of carbonyl (C=O) groups is 1. The van der Waals surface area contributed by atoms with Gasteiger partial charge in [-0.3, -0.25) is 0 Å². The van der Waals surface area contributed by atoms with Crippen LogP contribution in [0.15, 0.2) is 29.9 Å². The second kappa shape index (κ2) is 7.30. The number of anilines is 1. The Balaban J connectivity index is 1.99. The molecule has 0 amide bonds. The first-order chi connectivity index (χ1) is 12.1. The first-order valence-electron chi connectivity index (χ1n) is 7.53. The third-order valence-electron chi connectivity index (χ3n) is 3.57. The fraction of sp³-hybridized carbons (Fsp3) is 0.167. The van der Waals surface area contributed by atoms with E-state index in [9.17, 15) is 4.79 Å². The Hall–Kier alpha value is -2.95. The number of nitrogens with zero attached hydrogens (tertiary/aromatic N) is 2. The number of rotatable bonds is 4. The highest BCUT2D eigenvalue weighted by molar-refractivity contribution is 7.18. The lowest BCUT2D eigenvalue weighted by Gasteiger charge is -2.03. The van der Waals surface area contributed by atoms with Gasteiger partial charge in [-0.05, 0) is 24.6 Å². The number of carboxylic acid groups (broad SMARTS) is 1. The summed E-state index contributed by atoms with van der Waals surface area (Å²) >= 11 is 1.47. The summed E-state index contributed by atoms with van der Waals surface area (Å²) in [4.78, 5) is 19.6. The third kappa shape index (κ3) is 3.60. The molecular formula is C18H15N3O3S. The molecule has 7 heteroatoms. The number of aromatic nitrogens is 2. The van der Waals surface area contributed by atoms with Gasteiger partial charge in [-0.2, -0.15) is 0 Å². The molecule has 0 unspecified atom stereocenters. The topological polar surface area (TPSA) is 95.3 Å². The van der Waals surface area contributed by atoms with E-state index in [-0.39, 0.29) is 12.2 Å². The van der Waals surface area contributed by atoms with E-state index in [1.807, 2.05) is 12.3 Å². The van der Waals surface area contributed by atoms with Crippen LogP contribution in [0.5, 0.6) is 0 Å². The molecule has 1 aromatic carbocycles. The van der Waals surface area contributed by atoms with Crippen LogP contribution in [-0.2, 0) is 0 Å². The number of benzene rings is 1. The second-order valence-electron chi connectivity index (χ2n) is 5.28. The molecule has 2 aromatic heterocycles. The number of thiophene rings is 1. The first-order valence-corrected chi connectivity index (χ1v) is 8.41. The molecule has 0 spiro atoms. The van der Waals surface area contributed by atoms with E-state index in [1.54, 1.807) is 18.2 Å². The normalized spacial score (nSPS) is 10.3. The molecule has 0 radical (unpaired) electrons. The molecule has 0 aliphatic rings. The maximum absolute atomic E-state index is 11.1. The third-order valence-corrected chi connectivity index (χ3v) is 4.55. The summed E-state index contributed by atoms with van der Waals surface area (Å²) in [6.45, 7) is 2.31. The molecule has 0 atom stereocenters. The van der Waals surface area contributed by atoms with E-state index in [0.717, 1.165) is 21.3 Å². The van der Waals surface area contributed by atoms with Crippen molar-refractivity contribution in [2.75, 3.05) is 18.5 Å². The molecule has 2 heterocycles. The highest BCUT2D eigenvalue weighted by atomic mass is 32.1. The molecule has 126 valence electrons. The Labute approximate surface area is 148 Å². The minimum atomic E-state index is -0.976. The molecule has 3 aromatic rings. The molecule has 3 rings (SSSR count). The van der Waals surface area contributed by atoms with Crippen molar-refractivity contribution in [1.82, 2.24) is 9.97 Å². The van der Waals surface area contributed by atoms with E-state index in [1.165, 1.54) is 17.7 Å². The summed E-state index contributed by atoms with van der Waals surface area (Å²) in [6, 6.07) is 4.88. The summed E-state index contributed by atoms with van der Waals surface area (Å²) in [5.74, 6) is 5.80. The van der Waals surface area contributed by atoms with Gasteiger partial charge in [0.2, 0.25) is 0 Å². The summed E-state index contributed by atoms with van der Waals surface area (Å²) in [7, 11) is 0. The van der Waals surface area contributed by atoms with Gasteiger partial charge >= 0.3 is 5.97 Å². The van der Waals surface area contributed by atoms with Crippen LogP contribution in [0.1, 0.15) is 27.0 Å². The van der Waals surface area contributed by atoms with Gasteiger partial charge in [0, 0.05) is 17.5 Å². The molecule has 0 saturated carbocycles. The largest absolute Gasteiger partial charge is 0.478 e. The van der Waals surface area contributed by atoms with Gasteiger partial charge in [-0.25, -0.2) is 14.8 Å². The Kier molecular flexibility index (Phi) is 4.93. The van der Waals surface area contributed by atoms with Crippen LogP contribution in [0.3, 0.4) is 0 Å². The average Bonchev–Trinajstić information content (AvgIpc) is 3.02. The summed E-state index contributed by atoms with van der Waals surface area (Å²) in [5, 5.41) is 23.0. The zero-order valence-electron chi connectivity index (χ0n) is 13.4. The Morgan fingerprint density at radius 3 is 2.84 bits per heavy atom. The summed E-state index contributed by atoms with van der Waals surface area (Å²) in [6.07, 6.45) is 1.45. The highest BCUT2D eigenvalue weighted by Gasteiger charge is 2.09. The van der Waals surface area contributed by atoms with E-state index in [2.05, 4.69) is 27.1 Å². The van der Waals surface area contributed by atoms with Crippen molar-refractivity contribution in [2.24, 2.45) is 0 Å². The zero-order chi connectivity index (χ0) is 17.8. The predicted octanol–water partition coefficient (Wildman–Crippen LogP) is 2.50. The Bertz CT molecular complexity index is 1000. The number of fused-ring (bicyclic) bond motifs is 1. The van der Waals surface area contributed by atoms with E-state index >= 15 is 0 Å². The van der Waals surface area contributed by atoms with Crippen LogP contribution < -0.4 is 5.32 Å². The molecule has 25 heavy (non-hydrogen) atoms. The number of aryl methyl sites for hydroxylation is 1. The number of aliphatic hydroxyl groups is 1. The fourth-order valence-electron chi connectivity index (χ4n) is 2.26. The van der Waals surface area contributed by atoms with Crippen LogP contribution in [0, 0.1) is 18.8 Å². The average molecular weight is 353 g/mol. The SMILES string of the molecule is Cc1ccc(C(=O)O)cc1C#Cc1csc2c(NCCO)ncnc12. The van der Waals surface area contributed by atoms with Crippen molar-refractivity contribution < 1.29 is 15.0 Å². The van der Waals surface area contributed by atoms with Crippen molar-refractivity contribution in [2.45, 2.75) is 6.92 Å². The number of hydrogen-bond donors (Lipinski definition) is 3. The van der Waals surface area contributed by atoms with Crippen molar-refractivity contribution in [3.05, 3.63) is 52.2 Å². The van der Waals surface area contributed by atoms with E-state index in [4.69, 9.17) is 10.2 Å².